The lowest BCUT2D eigenvalue weighted by atomic mass is 9.74. The number of rotatable bonds is 4. The van der Waals surface area contributed by atoms with Gasteiger partial charge in [-0.3, -0.25) is 14.4 Å². The van der Waals surface area contributed by atoms with Crippen LogP contribution < -0.4 is 0 Å². The Labute approximate surface area is 154 Å². The minimum atomic E-state index is -0.0625. The van der Waals surface area contributed by atoms with Crippen molar-refractivity contribution in [3.05, 3.63) is 36.2 Å². The third-order valence-corrected chi connectivity index (χ3v) is 6.32. The van der Waals surface area contributed by atoms with Gasteiger partial charge in [-0.05, 0) is 25.3 Å². The van der Waals surface area contributed by atoms with Gasteiger partial charge in [0, 0.05) is 64.7 Å². The summed E-state index contributed by atoms with van der Waals surface area (Å²) in [6, 6.07) is 0. The molecule has 2 fully saturated rings. The summed E-state index contributed by atoms with van der Waals surface area (Å²) >= 11 is 0. The molecule has 140 valence electrons. The van der Waals surface area contributed by atoms with Crippen molar-refractivity contribution in [3.8, 4) is 0 Å². The number of likely N-dealkylation sites (tertiary alicyclic amines) is 2. The van der Waals surface area contributed by atoms with E-state index in [0.29, 0.717) is 12.3 Å². The van der Waals surface area contributed by atoms with Crippen molar-refractivity contribution in [3.63, 3.8) is 0 Å². The molecule has 0 radical (unpaired) electrons. The number of aryl methyl sites for hydroxylation is 2. The van der Waals surface area contributed by atoms with E-state index in [1.54, 1.807) is 0 Å². The monoisotopic (exact) mass is 356 g/mol. The van der Waals surface area contributed by atoms with Crippen LogP contribution in [0.3, 0.4) is 0 Å². The molecule has 26 heavy (non-hydrogen) atoms. The molecule has 0 aliphatic carbocycles. The zero-order chi connectivity index (χ0) is 18.3. The fraction of sp³-hybridized carbons (Fsp3) is 0.632. The van der Waals surface area contributed by atoms with E-state index in [4.69, 9.17) is 0 Å². The summed E-state index contributed by atoms with van der Waals surface area (Å²) in [5.74, 6) is 1.64. The second kappa shape index (κ2) is 6.54. The highest BCUT2D eigenvalue weighted by Gasteiger charge is 2.53. The molecule has 0 saturated carbocycles. The van der Waals surface area contributed by atoms with Gasteiger partial charge >= 0.3 is 0 Å². The Bertz CT molecular complexity index is 786. The van der Waals surface area contributed by atoms with Gasteiger partial charge in [-0.1, -0.05) is 0 Å². The minimum absolute atomic E-state index is 0.0625. The maximum absolute atomic E-state index is 12.7. The quantitative estimate of drug-likeness (QED) is 0.833. The number of nitrogens with zero attached hydrogens (tertiary/aromatic N) is 6. The molecule has 1 amide bonds. The van der Waals surface area contributed by atoms with E-state index in [0.717, 1.165) is 44.8 Å². The summed E-state index contributed by atoms with van der Waals surface area (Å²) in [5.41, 5.74) is 1.14. The van der Waals surface area contributed by atoms with Crippen molar-refractivity contribution >= 4 is 5.91 Å². The Morgan fingerprint density at radius 1 is 1.27 bits per heavy atom. The topological polar surface area (TPSA) is 59.2 Å². The number of hydrogen-bond donors (Lipinski definition) is 0. The van der Waals surface area contributed by atoms with Crippen molar-refractivity contribution in [2.75, 3.05) is 19.6 Å². The molecule has 2 aliphatic heterocycles. The molecule has 2 aromatic rings. The van der Waals surface area contributed by atoms with Gasteiger partial charge in [-0.15, -0.1) is 0 Å². The second-order valence-electron chi connectivity index (χ2n) is 7.68. The third-order valence-electron chi connectivity index (χ3n) is 6.32. The molecule has 2 aliphatic rings. The first-order chi connectivity index (χ1) is 12.5. The number of carbonyl (C=O) groups is 1. The fourth-order valence-corrected chi connectivity index (χ4v) is 4.92. The van der Waals surface area contributed by atoms with E-state index < -0.39 is 0 Å². The first-order valence-corrected chi connectivity index (χ1v) is 9.51. The average molecular weight is 356 g/mol. The van der Waals surface area contributed by atoms with Crippen LogP contribution in [0.15, 0.2) is 24.8 Å². The maximum atomic E-state index is 12.7. The number of hydrogen-bond acceptors (Lipinski definition) is 4. The Hall–Kier alpha value is -2.15. The van der Waals surface area contributed by atoms with E-state index in [2.05, 4.69) is 37.6 Å². The lowest BCUT2D eigenvalue weighted by molar-refractivity contribution is -0.132. The van der Waals surface area contributed by atoms with Gasteiger partial charge in [0.2, 0.25) is 5.91 Å². The van der Waals surface area contributed by atoms with Crippen molar-refractivity contribution in [1.82, 2.24) is 29.1 Å². The largest absolute Gasteiger partial charge is 0.337 e. The summed E-state index contributed by atoms with van der Waals surface area (Å²) < 4.78 is 3.93. The molecule has 0 aromatic carbocycles. The van der Waals surface area contributed by atoms with E-state index >= 15 is 0 Å². The number of likely N-dealkylation sites (N-methyl/N-ethyl adjacent to an activating group) is 1. The summed E-state index contributed by atoms with van der Waals surface area (Å²) in [6.45, 7) is 5.75. The van der Waals surface area contributed by atoms with Crippen molar-refractivity contribution in [1.29, 1.82) is 0 Å². The summed E-state index contributed by atoms with van der Waals surface area (Å²) in [6.07, 6.45) is 10.5. The van der Waals surface area contributed by atoms with Gasteiger partial charge in [-0.2, -0.15) is 5.10 Å². The predicted molar refractivity (Wildman–Crippen MR) is 98.4 cm³/mol. The van der Waals surface area contributed by atoms with E-state index in [-0.39, 0.29) is 11.5 Å². The Kier molecular flexibility index (Phi) is 4.34. The molecular weight excluding hydrogens is 328 g/mol. The van der Waals surface area contributed by atoms with Crippen LogP contribution in [0.5, 0.6) is 0 Å². The highest BCUT2D eigenvalue weighted by atomic mass is 16.2. The zero-order valence-electron chi connectivity index (χ0n) is 15.9. The predicted octanol–water partition coefficient (Wildman–Crippen LogP) is 1.52. The van der Waals surface area contributed by atoms with E-state index in [1.807, 2.05) is 37.4 Å². The molecule has 2 aromatic heterocycles. The molecule has 2 saturated heterocycles. The smallest absolute Gasteiger partial charge is 0.223 e. The van der Waals surface area contributed by atoms with Crippen LogP contribution in [0.25, 0.3) is 0 Å². The fourth-order valence-electron chi connectivity index (χ4n) is 4.92. The van der Waals surface area contributed by atoms with Crippen LogP contribution in [0, 0.1) is 0 Å². The van der Waals surface area contributed by atoms with Crippen LogP contribution in [0.1, 0.15) is 43.5 Å². The van der Waals surface area contributed by atoms with Gasteiger partial charge in [0.1, 0.15) is 5.82 Å². The Morgan fingerprint density at radius 3 is 2.62 bits per heavy atom. The molecule has 0 N–H and O–H groups in total. The molecule has 7 heteroatoms. The van der Waals surface area contributed by atoms with Gasteiger partial charge in [0.15, 0.2) is 0 Å². The highest BCUT2D eigenvalue weighted by molar-refractivity contribution is 5.81. The SMILES string of the molecule is CCN1C(=O)CC(c2cnn(C)c2)C12CCN(Cc1nccn1C)CC2. The minimum Gasteiger partial charge on any atom is -0.337 e. The van der Waals surface area contributed by atoms with E-state index in [9.17, 15) is 4.79 Å². The summed E-state index contributed by atoms with van der Waals surface area (Å²) in [7, 11) is 3.99. The van der Waals surface area contributed by atoms with Crippen LogP contribution in [0.4, 0.5) is 0 Å². The summed E-state index contributed by atoms with van der Waals surface area (Å²) in [4.78, 5) is 21.8. The Morgan fingerprint density at radius 2 is 2.04 bits per heavy atom. The van der Waals surface area contributed by atoms with Gasteiger partial charge < -0.3 is 9.47 Å². The molecule has 4 heterocycles. The molecule has 0 bridgehead atoms. The number of imidazole rings is 1. The Balaban J connectivity index is 1.55. The first-order valence-electron chi connectivity index (χ1n) is 9.51. The van der Waals surface area contributed by atoms with Crippen LogP contribution in [-0.4, -0.2) is 60.2 Å². The third kappa shape index (κ3) is 2.74. The zero-order valence-corrected chi connectivity index (χ0v) is 15.9. The molecule has 4 rings (SSSR count). The van der Waals surface area contributed by atoms with Crippen molar-refractivity contribution in [2.24, 2.45) is 14.1 Å². The second-order valence-corrected chi connectivity index (χ2v) is 7.68. The highest BCUT2D eigenvalue weighted by Crippen LogP contribution is 2.48. The van der Waals surface area contributed by atoms with Crippen molar-refractivity contribution < 1.29 is 4.79 Å². The van der Waals surface area contributed by atoms with Gasteiger partial charge in [0.05, 0.1) is 18.3 Å². The standard InChI is InChI=1S/C19H28N6O/c1-4-25-18(26)11-16(15-12-21-23(3)13-15)19(25)5-8-24(9-6-19)14-17-20-7-10-22(17)2/h7,10,12-13,16H,4-6,8-9,11,14H2,1-3H3. The van der Waals surface area contributed by atoms with Gasteiger partial charge in [0.25, 0.3) is 0 Å². The van der Waals surface area contributed by atoms with Crippen LogP contribution >= 0.6 is 0 Å². The average Bonchev–Trinajstić information content (AvgIpc) is 3.29. The van der Waals surface area contributed by atoms with Crippen LogP contribution in [-0.2, 0) is 25.4 Å². The number of piperidine rings is 1. The first kappa shape index (κ1) is 17.3. The van der Waals surface area contributed by atoms with Crippen LogP contribution in [0.2, 0.25) is 0 Å². The molecule has 1 spiro atoms. The maximum Gasteiger partial charge on any atom is 0.223 e. The van der Waals surface area contributed by atoms with Gasteiger partial charge in [-0.25, -0.2) is 4.98 Å². The lowest BCUT2D eigenvalue weighted by Crippen LogP contribution is -2.55. The lowest BCUT2D eigenvalue weighted by Gasteiger charge is -2.47. The number of carbonyl (C=O) groups excluding carboxylic acids is 1. The number of amides is 1. The molecule has 1 atom stereocenters. The number of aromatic nitrogens is 4. The molecule has 7 nitrogen and oxygen atoms in total. The van der Waals surface area contributed by atoms with E-state index in [1.165, 1.54) is 5.56 Å². The summed E-state index contributed by atoms with van der Waals surface area (Å²) in [5, 5.41) is 4.36. The normalized spacial score (nSPS) is 23.3. The molecule has 1 unspecified atom stereocenters. The van der Waals surface area contributed by atoms with Crippen molar-refractivity contribution in [2.45, 2.75) is 44.2 Å². The molecular formula is C19H28N6O.